The SMILES string of the molecule is Cn1c2ccccc2c2ccc(Cn3c4ccccc4c4ccc5c6ccccc6n(C)c5c43)cc21. The summed E-state index contributed by atoms with van der Waals surface area (Å²) in [4.78, 5) is 0. The number of hydrogen-bond donors (Lipinski definition) is 0. The molecule has 0 fully saturated rings. The standard InChI is InChI=1S/C33H25N3/c1-34-28-12-6-3-9-22(28)25-16-15-21(19-31(25)34)20-36-30-14-8-5-11-24(30)27-18-17-26-23-10-4-7-13-29(23)35(2)32(26)33(27)36/h3-19H,20H2,1-2H3. The molecule has 36 heavy (non-hydrogen) atoms. The Morgan fingerprint density at radius 3 is 1.67 bits per heavy atom. The summed E-state index contributed by atoms with van der Waals surface area (Å²) in [6.45, 7) is 0.822. The summed E-state index contributed by atoms with van der Waals surface area (Å²) in [6, 6.07) is 37.8. The third-order valence-corrected chi connectivity index (χ3v) is 8.12. The lowest BCUT2D eigenvalue weighted by Crippen LogP contribution is -2.01. The average molecular weight is 464 g/mol. The lowest BCUT2D eigenvalue weighted by atomic mass is 10.1. The van der Waals surface area contributed by atoms with Gasteiger partial charge < -0.3 is 13.7 Å². The van der Waals surface area contributed by atoms with Crippen LogP contribution in [0.3, 0.4) is 0 Å². The Kier molecular flexibility index (Phi) is 3.85. The molecule has 0 bridgehead atoms. The van der Waals surface area contributed by atoms with E-state index in [0.717, 1.165) is 6.54 Å². The summed E-state index contributed by atoms with van der Waals surface area (Å²) in [5.74, 6) is 0. The van der Waals surface area contributed by atoms with Gasteiger partial charge in [-0.05, 0) is 29.8 Å². The maximum absolute atomic E-state index is 2.52. The van der Waals surface area contributed by atoms with Gasteiger partial charge >= 0.3 is 0 Å². The number of rotatable bonds is 2. The van der Waals surface area contributed by atoms with Crippen LogP contribution in [0.4, 0.5) is 0 Å². The van der Waals surface area contributed by atoms with Gasteiger partial charge in [-0.25, -0.2) is 0 Å². The predicted molar refractivity (Wildman–Crippen MR) is 153 cm³/mol. The largest absolute Gasteiger partial charge is 0.344 e. The maximum atomic E-state index is 2.52. The van der Waals surface area contributed by atoms with E-state index in [1.54, 1.807) is 0 Å². The summed E-state index contributed by atoms with van der Waals surface area (Å²) in [6.07, 6.45) is 0. The van der Waals surface area contributed by atoms with Crippen molar-refractivity contribution in [2.24, 2.45) is 14.1 Å². The molecular formula is C33H25N3. The first-order chi connectivity index (χ1) is 17.7. The Balaban J connectivity index is 1.44. The third kappa shape index (κ3) is 2.47. The lowest BCUT2D eigenvalue weighted by molar-refractivity contribution is 0.867. The molecule has 5 aromatic carbocycles. The summed E-state index contributed by atoms with van der Waals surface area (Å²) < 4.78 is 7.22. The zero-order valence-electron chi connectivity index (χ0n) is 20.4. The van der Waals surface area contributed by atoms with Crippen LogP contribution in [0.5, 0.6) is 0 Å². The van der Waals surface area contributed by atoms with Crippen LogP contribution < -0.4 is 0 Å². The van der Waals surface area contributed by atoms with E-state index >= 15 is 0 Å². The van der Waals surface area contributed by atoms with Gasteiger partial charge in [-0.1, -0.05) is 78.9 Å². The number of aromatic nitrogens is 3. The molecule has 3 aromatic heterocycles. The highest BCUT2D eigenvalue weighted by Gasteiger charge is 2.18. The number of nitrogens with zero attached hydrogens (tertiary/aromatic N) is 3. The molecule has 172 valence electrons. The maximum Gasteiger partial charge on any atom is 0.0742 e. The molecule has 0 amide bonds. The molecule has 0 unspecified atom stereocenters. The van der Waals surface area contributed by atoms with Gasteiger partial charge in [0.1, 0.15) is 0 Å². The Labute approximate surface area is 208 Å². The van der Waals surface area contributed by atoms with Crippen molar-refractivity contribution < 1.29 is 0 Å². The van der Waals surface area contributed by atoms with Crippen LogP contribution >= 0.6 is 0 Å². The van der Waals surface area contributed by atoms with Gasteiger partial charge in [0.25, 0.3) is 0 Å². The fourth-order valence-corrected chi connectivity index (χ4v) is 6.45. The molecule has 0 spiro atoms. The zero-order chi connectivity index (χ0) is 24.0. The van der Waals surface area contributed by atoms with E-state index in [1.807, 2.05) is 0 Å². The fourth-order valence-electron chi connectivity index (χ4n) is 6.45. The second kappa shape index (κ2) is 7.02. The van der Waals surface area contributed by atoms with E-state index in [-0.39, 0.29) is 0 Å². The van der Waals surface area contributed by atoms with Crippen LogP contribution in [-0.4, -0.2) is 13.7 Å². The molecule has 0 atom stereocenters. The molecule has 3 nitrogen and oxygen atoms in total. The molecule has 3 heterocycles. The smallest absolute Gasteiger partial charge is 0.0742 e. The van der Waals surface area contributed by atoms with E-state index in [4.69, 9.17) is 0 Å². The first kappa shape index (κ1) is 19.8. The van der Waals surface area contributed by atoms with Gasteiger partial charge in [-0.2, -0.15) is 0 Å². The van der Waals surface area contributed by atoms with Crippen molar-refractivity contribution in [3.63, 3.8) is 0 Å². The molecular weight excluding hydrogens is 438 g/mol. The molecule has 8 aromatic rings. The molecule has 0 N–H and O–H groups in total. The Morgan fingerprint density at radius 1 is 0.444 bits per heavy atom. The molecule has 0 saturated heterocycles. The monoisotopic (exact) mass is 463 g/mol. The summed E-state index contributed by atoms with van der Waals surface area (Å²) in [5.41, 5.74) is 9.03. The fraction of sp³-hybridized carbons (Fsp3) is 0.0909. The number of hydrogen-bond acceptors (Lipinski definition) is 0. The molecule has 0 aliphatic carbocycles. The van der Waals surface area contributed by atoms with Crippen LogP contribution in [0.25, 0.3) is 65.4 Å². The molecule has 0 radical (unpaired) electrons. The zero-order valence-corrected chi connectivity index (χ0v) is 20.4. The van der Waals surface area contributed by atoms with Crippen LogP contribution in [0.2, 0.25) is 0 Å². The predicted octanol–water partition coefficient (Wildman–Crippen LogP) is 8.13. The van der Waals surface area contributed by atoms with Crippen molar-refractivity contribution in [2.75, 3.05) is 0 Å². The van der Waals surface area contributed by atoms with Crippen molar-refractivity contribution >= 4 is 65.4 Å². The van der Waals surface area contributed by atoms with Gasteiger partial charge in [0.2, 0.25) is 0 Å². The highest BCUT2D eigenvalue weighted by molar-refractivity contribution is 6.22. The molecule has 8 rings (SSSR count). The highest BCUT2D eigenvalue weighted by Crippen LogP contribution is 2.39. The van der Waals surface area contributed by atoms with Gasteiger partial charge in [0.15, 0.2) is 0 Å². The first-order valence-corrected chi connectivity index (χ1v) is 12.5. The second-order valence-electron chi connectivity index (χ2n) is 9.97. The highest BCUT2D eigenvalue weighted by atomic mass is 15.0. The Hall–Kier alpha value is -4.50. The Morgan fingerprint density at radius 2 is 0.944 bits per heavy atom. The van der Waals surface area contributed by atoms with Gasteiger partial charge in [0.05, 0.1) is 11.0 Å². The van der Waals surface area contributed by atoms with E-state index < -0.39 is 0 Å². The van der Waals surface area contributed by atoms with Crippen molar-refractivity contribution in [3.05, 3.63) is 109 Å². The van der Waals surface area contributed by atoms with E-state index in [0.29, 0.717) is 0 Å². The second-order valence-corrected chi connectivity index (χ2v) is 9.97. The number of para-hydroxylation sites is 3. The van der Waals surface area contributed by atoms with Crippen molar-refractivity contribution in [1.82, 2.24) is 13.7 Å². The molecule has 0 aliphatic rings. The minimum atomic E-state index is 0.822. The van der Waals surface area contributed by atoms with Crippen LogP contribution in [-0.2, 0) is 20.6 Å². The van der Waals surface area contributed by atoms with Crippen LogP contribution in [0.1, 0.15) is 5.56 Å². The van der Waals surface area contributed by atoms with Gasteiger partial charge in [-0.15, -0.1) is 0 Å². The average Bonchev–Trinajstić information content (AvgIpc) is 3.51. The van der Waals surface area contributed by atoms with Crippen molar-refractivity contribution in [3.8, 4) is 0 Å². The first-order valence-electron chi connectivity index (χ1n) is 12.5. The molecule has 0 saturated carbocycles. The Bertz CT molecular complexity index is 2150. The third-order valence-electron chi connectivity index (χ3n) is 8.12. The quantitative estimate of drug-likeness (QED) is 0.246. The van der Waals surface area contributed by atoms with E-state index in [2.05, 4.69) is 131 Å². The lowest BCUT2D eigenvalue weighted by Gasteiger charge is -2.11. The molecule has 0 aliphatic heterocycles. The van der Waals surface area contributed by atoms with Gasteiger partial charge in [-0.3, -0.25) is 0 Å². The minimum Gasteiger partial charge on any atom is -0.344 e. The number of aryl methyl sites for hydroxylation is 2. The van der Waals surface area contributed by atoms with Crippen LogP contribution in [0.15, 0.2) is 103 Å². The topological polar surface area (TPSA) is 14.8 Å². The number of benzene rings is 5. The number of fused-ring (bicyclic) bond motifs is 10. The normalized spacial score (nSPS) is 12.3. The summed E-state index contributed by atoms with van der Waals surface area (Å²) in [7, 11) is 4.38. The van der Waals surface area contributed by atoms with Crippen molar-refractivity contribution in [2.45, 2.75) is 6.54 Å². The summed E-state index contributed by atoms with van der Waals surface area (Å²) in [5, 5.41) is 7.88. The van der Waals surface area contributed by atoms with Crippen molar-refractivity contribution in [1.29, 1.82) is 0 Å². The van der Waals surface area contributed by atoms with Gasteiger partial charge in [0, 0.05) is 75.0 Å². The van der Waals surface area contributed by atoms with E-state index in [9.17, 15) is 0 Å². The summed E-state index contributed by atoms with van der Waals surface area (Å²) >= 11 is 0. The van der Waals surface area contributed by atoms with E-state index in [1.165, 1.54) is 71.0 Å². The minimum absolute atomic E-state index is 0.822. The molecule has 3 heteroatoms. The van der Waals surface area contributed by atoms with Crippen LogP contribution in [0, 0.1) is 0 Å².